The quantitative estimate of drug-likeness (QED) is 0.503. The van der Waals surface area contributed by atoms with E-state index in [0.717, 1.165) is 12.8 Å². The summed E-state index contributed by atoms with van der Waals surface area (Å²) in [6.45, 7) is 0. The molecule has 2 unspecified atom stereocenters. The van der Waals surface area contributed by atoms with E-state index >= 15 is 0 Å². The van der Waals surface area contributed by atoms with E-state index in [1.54, 1.807) is 13.2 Å². The molecule has 3 nitrogen and oxygen atoms in total. The van der Waals surface area contributed by atoms with Crippen LogP contribution in [0.25, 0.3) is 0 Å². The third-order valence-corrected chi connectivity index (χ3v) is 2.77. The highest BCUT2D eigenvalue weighted by molar-refractivity contribution is 7.80. The molecule has 0 radical (unpaired) electrons. The molecule has 1 aliphatic rings. The van der Waals surface area contributed by atoms with Crippen molar-refractivity contribution in [2.45, 2.75) is 24.2 Å². The van der Waals surface area contributed by atoms with Gasteiger partial charge in [0.15, 0.2) is 11.1 Å². The van der Waals surface area contributed by atoms with Crippen LogP contribution in [0.5, 0.6) is 0 Å². The molecule has 64 valence electrons. The monoisotopic (exact) mass is 176 g/mol. The molecule has 0 aromatic heterocycles. The minimum atomic E-state index is -1.79. The number of methoxy groups -OCH3 is 1. The lowest BCUT2D eigenvalue weighted by Crippen LogP contribution is -2.32. The summed E-state index contributed by atoms with van der Waals surface area (Å²) in [6, 6.07) is 0. The van der Waals surface area contributed by atoms with E-state index in [4.69, 9.17) is 9.29 Å². The van der Waals surface area contributed by atoms with Crippen molar-refractivity contribution >= 4 is 11.1 Å². The summed E-state index contributed by atoms with van der Waals surface area (Å²) in [4.78, 5) is 0. The highest BCUT2D eigenvalue weighted by Crippen LogP contribution is 2.17. The maximum Gasteiger partial charge on any atom is 0.162 e. The Kier molecular flexibility index (Phi) is 3.23. The minimum Gasteiger partial charge on any atom is -0.380 e. The molecule has 1 aliphatic carbocycles. The zero-order valence-electron chi connectivity index (χ0n) is 6.40. The largest absolute Gasteiger partial charge is 0.380 e. The predicted octanol–water partition coefficient (Wildman–Crippen LogP) is 0.942. The van der Waals surface area contributed by atoms with Crippen LogP contribution in [0.3, 0.4) is 0 Å². The topological polar surface area (TPSA) is 46.5 Å². The highest BCUT2D eigenvalue weighted by Gasteiger charge is 2.25. The summed E-state index contributed by atoms with van der Waals surface area (Å²) in [5.74, 6) is 0. The first-order valence-corrected chi connectivity index (χ1v) is 4.72. The molecule has 0 saturated heterocycles. The number of ether oxygens (including phenoxy) is 1. The normalized spacial score (nSPS) is 33.6. The van der Waals surface area contributed by atoms with Gasteiger partial charge in [-0.3, -0.25) is 0 Å². The molecular formula is C7H12O3S. The Bertz CT molecular complexity index is 179. The van der Waals surface area contributed by atoms with Crippen LogP contribution in [0.1, 0.15) is 12.8 Å². The predicted molar refractivity (Wildman–Crippen MR) is 43.7 cm³/mol. The zero-order valence-corrected chi connectivity index (χ0v) is 7.21. The fraction of sp³-hybridized carbons (Fsp3) is 0.714. The van der Waals surface area contributed by atoms with Gasteiger partial charge in [0.1, 0.15) is 5.25 Å². The van der Waals surface area contributed by atoms with E-state index in [0.29, 0.717) is 0 Å². The first kappa shape index (κ1) is 8.90. The second-order valence-electron chi connectivity index (χ2n) is 2.52. The molecule has 0 aliphatic heterocycles. The third kappa shape index (κ3) is 2.12. The second-order valence-corrected chi connectivity index (χ2v) is 3.62. The molecule has 1 rings (SSSR count). The SMILES string of the molecule is COC1CCC=C[C@@H]1S(=O)O. The summed E-state index contributed by atoms with van der Waals surface area (Å²) in [7, 11) is 1.57. The number of allylic oxidation sites excluding steroid dienone is 1. The molecule has 0 fully saturated rings. The summed E-state index contributed by atoms with van der Waals surface area (Å²) in [5, 5.41) is -0.339. The zero-order chi connectivity index (χ0) is 8.27. The first-order chi connectivity index (χ1) is 5.25. The fourth-order valence-electron chi connectivity index (χ4n) is 1.23. The molecule has 4 heteroatoms. The summed E-state index contributed by atoms with van der Waals surface area (Å²) in [5.41, 5.74) is 0. The van der Waals surface area contributed by atoms with Crippen LogP contribution in [-0.2, 0) is 15.8 Å². The van der Waals surface area contributed by atoms with Crippen molar-refractivity contribution < 1.29 is 13.5 Å². The van der Waals surface area contributed by atoms with Gasteiger partial charge in [-0.05, 0) is 12.8 Å². The lowest BCUT2D eigenvalue weighted by Gasteiger charge is -2.22. The summed E-state index contributed by atoms with van der Waals surface area (Å²) in [6.07, 6.45) is 5.36. The second kappa shape index (κ2) is 3.99. The van der Waals surface area contributed by atoms with Gasteiger partial charge in [-0.1, -0.05) is 12.2 Å². The van der Waals surface area contributed by atoms with Crippen LogP contribution >= 0.6 is 0 Å². The Balaban J connectivity index is 2.64. The van der Waals surface area contributed by atoms with Crippen LogP contribution in [0.4, 0.5) is 0 Å². The molecule has 0 aromatic rings. The molecular weight excluding hydrogens is 164 g/mol. The Morgan fingerprint density at radius 2 is 2.45 bits per heavy atom. The average Bonchev–Trinajstić information content (AvgIpc) is 2.04. The van der Waals surface area contributed by atoms with Gasteiger partial charge < -0.3 is 9.29 Å². The van der Waals surface area contributed by atoms with E-state index in [9.17, 15) is 4.21 Å². The van der Waals surface area contributed by atoms with Crippen molar-refractivity contribution in [1.82, 2.24) is 0 Å². The first-order valence-electron chi connectivity index (χ1n) is 3.55. The third-order valence-electron chi connectivity index (χ3n) is 1.85. The molecule has 0 bridgehead atoms. The molecule has 0 amide bonds. The molecule has 0 heterocycles. The Labute approximate surface area is 68.7 Å². The van der Waals surface area contributed by atoms with Crippen molar-refractivity contribution in [2.75, 3.05) is 7.11 Å². The van der Waals surface area contributed by atoms with Gasteiger partial charge in [-0.15, -0.1) is 0 Å². The number of hydrogen-bond donors (Lipinski definition) is 1. The van der Waals surface area contributed by atoms with E-state index in [1.807, 2.05) is 6.08 Å². The van der Waals surface area contributed by atoms with Gasteiger partial charge in [0.25, 0.3) is 0 Å². The minimum absolute atomic E-state index is 0.0918. The van der Waals surface area contributed by atoms with E-state index in [1.165, 1.54) is 0 Å². The van der Waals surface area contributed by atoms with Crippen LogP contribution in [-0.4, -0.2) is 27.2 Å². The van der Waals surface area contributed by atoms with E-state index in [-0.39, 0.29) is 11.4 Å². The molecule has 0 saturated carbocycles. The maximum absolute atomic E-state index is 10.7. The molecule has 11 heavy (non-hydrogen) atoms. The van der Waals surface area contributed by atoms with Crippen molar-refractivity contribution in [1.29, 1.82) is 0 Å². The Morgan fingerprint density at radius 3 is 2.91 bits per heavy atom. The van der Waals surface area contributed by atoms with Gasteiger partial charge >= 0.3 is 0 Å². The van der Waals surface area contributed by atoms with Crippen LogP contribution in [0.2, 0.25) is 0 Å². The number of hydrogen-bond acceptors (Lipinski definition) is 2. The summed E-state index contributed by atoms with van der Waals surface area (Å²) >= 11 is -1.79. The smallest absolute Gasteiger partial charge is 0.162 e. The standard InChI is InChI=1S/C7H12O3S/c1-10-6-4-2-3-5-7(6)11(8)9/h3,5-7H,2,4H2,1H3,(H,8,9)/t6?,7-/m0/s1. The van der Waals surface area contributed by atoms with Gasteiger partial charge in [0.05, 0.1) is 6.10 Å². The molecule has 1 N–H and O–H groups in total. The van der Waals surface area contributed by atoms with Crippen molar-refractivity contribution in [3.8, 4) is 0 Å². The van der Waals surface area contributed by atoms with Crippen LogP contribution in [0.15, 0.2) is 12.2 Å². The Hall–Kier alpha value is -0.190. The maximum atomic E-state index is 10.7. The molecule has 3 atom stereocenters. The average molecular weight is 176 g/mol. The van der Waals surface area contributed by atoms with Crippen molar-refractivity contribution in [3.05, 3.63) is 12.2 Å². The van der Waals surface area contributed by atoms with Crippen LogP contribution < -0.4 is 0 Å². The van der Waals surface area contributed by atoms with Gasteiger partial charge in [0, 0.05) is 7.11 Å². The lowest BCUT2D eigenvalue weighted by molar-refractivity contribution is 0.0971. The highest BCUT2D eigenvalue weighted by atomic mass is 32.2. The molecule has 0 aromatic carbocycles. The van der Waals surface area contributed by atoms with Gasteiger partial charge in [-0.25, -0.2) is 4.21 Å². The number of rotatable bonds is 2. The van der Waals surface area contributed by atoms with Crippen molar-refractivity contribution in [3.63, 3.8) is 0 Å². The van der Waals surface area contributed by atoms with E-state index in [2.05, 4.69) is 0 Å². The van der Waals surface area contributed by atoms with Crippen LogP contribution in [0, 0.1) is 0 Å². The van der Waals surface area contributed by atoms with Crippen molar-refractivity contribution in [2.24, 2.45) is 0 Å². The lowest BCUT2D eigenvalue weighted by atomic mass is 10.0. The summed E-state index contributed by atoms with van der Waals surface area (Å²) < 4.78 is 24.6. The van der Waals surface area contributed by atoms with E-state index < -0.39 is 11.1 Å². The fourth-order valence-corrected chi connectivity index (χ4v) is 1.98. The van der Waals surface area contributed by atoms with Gasteiger partial charge in [0.2, 0.25) is 0 Å². The van der Waals surface area contributed by atoms with Gasteiger partial charge in [-0.2, -0.15) is 0 Å². The molecule has 0 spiro atoms. The Morgan fingerprint density at radius 1 is 1.73 bits per heavy atom.